The Morgan fingerprint density at radius 2 is 1.76 bits per heavy atom. The summed E-state index contributed by atoms with van der Waals surface area (Å²) in [5, 5.41) is 3.21. The predicted molar refractivity (Wildman–Crippen MR) is 133 cm³/mol. The highest BCUT2D eigenvalue weighted by molar-refractivity contribution is 7.92. The van der Waals surface area contributed by atoms with Gasteiger partial charge in [-0.3, -0.25) is 13.9 Å². The van der Waals surface area contributed by atoms with Crippen LogP contribution >= 0.6 is 11.6 Å². The number of halogens is 1. The molecule has 0 bridgehead atoms. The molecule has 7 nitrogen and oxygen atoms in total. The molecule has 0 aliphatic rings. The van der Waals surface area contributed by atoms with E-state index in [2.05, 4.69) is 5.32 Å². The second-order valence-electron chi connectivity index (χ2n) is 7.97. The molecule has 1 N–H and O–H groups in total. The van der Waals surface area contributed by atoms with Crippen LogP contribution in [0, 0.1) is 6.92 Å². The molecule has 0 fully saturated rings. The molecule has 2 amide bonds. The van der Waals surface area contributed by atoms with E-state index in [0.717, 1.165) is 28.1 Å². The van der Waals surface area contributed by atoms with Crippen molar-refractivity contribution in [2.75, 3.05) is 23.7 Å². The summed E-state index contributed by atoms with van der Waals surface area (Å²) in [5.41, 5.74) is 2.22. The van der Waals surface area contributed by atoms with Crippen molar-refractivity contribution in [1.29, 1.82) is 0 Å². The van der Waals surface area contributed by atoms with Crippen molar-refractivity contribution in [3.63, 3.8) is 0 Å². The number of nitrogens with one attached hydrogen (secondary N) is 1. The second-order valence-corrected chi connectivity index (χ2v) is 10.3. The van der Waals surface area contributed by atoms with Crippen molar-refractivity contribution in [2.45, 2.75) is 46.2 Å². The number of carbonyl (C=O) groups excluding carboxylic acids is 2. The number of benzene rings is 2. The lowest BCUT2D eigenvalue weighted by Crippen LogP contribution is -2.52. The molecule has 1 atom stereocenters. The number of sulfonamides is 1. The van der Waals surface area contributed by atoms with Gasteiger partial charge in [-0.15, -0.1) is 0 Å². The Balaban J connectivity index is 2.41. The molecule has 0 aromatic heterocycles. The van der Waals surface area contributed by atoms with Crippen LogP contribution in [0.4, 0.5) is 5.69 Å². The van der Waals surface area contributed by atoms with Crippen LogP contribution in [0.2, 0.25) is 5.02 Å². The topological polar surface area (TPSA) is 86.8 Å². The summed E-state index contributed by atoms with van der Waals surface area (Å²) in [6, 6.07) is 13.3. The lowest BCUT2D eigenvalue weighted by Gasteiger charge is -2.33. The van der Waals surface area contributed by atoms with Gasteiger partial charge in [0.05, 0.1) is 11.9 Å². The van der Waals surface area contributed by atoms with Crippen molar-refractivity contribution in [3.05, 3.63) is 64.7 Å². The minimum Gasteiger partial charge on any atom is -0.354 e. The van der Waals surface area contributed by atoms with Gasteiger partial charge in [-0.2, -0.15) is 0 Å². The van der Waals surface area contributed by atoms with Gasteiger partial charge in [0.15, 0.2) is 0 Å². The molecule has 0 saturated carbocycles. The van der Waals surface area contributed by atoms with Crippen molar-refractivity contribution >= 4 is 39.1 Å². The third-order valence-corrected chi connectivity index (χ3v) is 6.56. The molecule has 0 spiro atoms. The van der Waals surface area contributed by atoms with E-state index in [1.54, 1.807) is 18.2 Å². The molecular weight excluding hydrogens is 462 g/mol. The number of aryl methyl sites for hydroxylation is 1. The van der Waals surface area contributed by atoms with Crippen LogP contribution in [0.5, 0.6) is 0 Å². The van der Waals surface area contributed by atoms with E-state index in [1.807, 2.05) is 45.0 Å². The normalized spacial score (nSPS) is 12.2. The van der Waals surface area contributed by atoms with E-state index < -0.39 is 28.5 Å². The Hall–Kier alpha value is -2.58. The predicted octanol–water partition coefficient (Wildman–Crippen LogP) is 3.75. The van der Waals surface area contributed by atoms with Gasteiger partial charge in [-0.1, -0.05) is 61.3 Å². The summed E-state index contributed by atoms with van der Waals surface area (Å²) >= 11 is 6.05. The summed E-state index contributed by atoms with van der Waals surface area (Å²) in [5.74, 6) is -0.729. The standard InChI is InChI=1S/C24H32ClN3O4S/c1-5-14-26-24(30)22(6-2)27(16-19-12-10-18(3)11-13-19)23(29)17-28(33(4,31)32)21-9-7-8-20(25)15-21/h7-13,15,22H,5-6,14,16-17H2,1-4H3,(H,26,30)/t22-/m1/s1. The molecule has 0 aliphatic heterocycles. The fourth-order valence-corrected chi connectivity index (χ4v) is 4.45. The Bertz CT molecular complexity index is 1060. The molecule has 0 saturated heterocycles. The van der Waals surface area contributed by atoms with E-state index in [-0.39, 0.29) is 18.1 Å². The van der Waals surface area contributed by atoms with E-state index in [9.17, 15) is 18.0 Å². The summed E-state index contributed by atoms with van der Waals surface area (Å²) in [6.07, 6.45) is 2.20. The Labute approximate surface area is 201 Å². The zero-order chi connectivity index (χ0) is 24.6. The van der Waals surface area contributed by atoms with E-state index in [0.29, 0.717) is 18.0 Å². The number of hydrogen-bond acceptors (Lipinski definition) is 4. The van der Waals surface area contributed by atoms with Crippen molar-refractivity contribution in [1.82, 2.24) is 10.2 Å². The molecule has 0 heterocycles. The summed E-state index contributed by atoms with van der Waals surface area (Å²) in [4.78, 5) is 27.8. The van der Waals surface area contributed by atoms with E-state index in [4.69, 9.17) is 11.6 Å². The van der Waals surface area contributed by atoms with Gasteiger partial charge in [-0.05, 0) is 43.5 Å². The third kappa shape index (κ3) is 7.75. The maximum Gasteiger partial charge on any atom is 0.244 e. The molecule has 33 heavy (non-hydrogen) atoms. The first-order chi connectivity index (χ1) is 15.6. The average Bonchev–Trinajstić information content (AvgIpc) is 2.76. The molecular formula is C24H32ClN3O4S. The zero-order valence-corrected chi connectivity index (χ0v) is 21.1. The quantitative estimate of drug-likeness (QED) is 0.516. The first-order valence-electron chi connectivity index (χ1n) is 10.9. The van der Waals surface area contributed by atoms with Gasteiger partial charge in [0, 0.05) is 18.1 Å². The van der Waals surface area contributed by atoms with Gasteiger partial charge in [0.1, 0.15) is 12.6 Å². The largest absolute Gasteiger partial charge is 0.354 e. The third-order valence-electron chi connectivity index (χ3n) is 5.18. The maximum absolute atomic E-state index is 13.5. The number of carbonyl (C=O) groups is 2. The van der Waals surface area contributed by atoms with Gasteiger partial charge in [0.2, 0.25) is 21.8 Å². The SMILES string of the molecule is CCCNC(=O)[C@@H](CC)N(Cc1ccc(C)cc1)C(=O)CN(c1cccc(Cl)c1)S(C)(=O)=O. The van der Waals surface area contributed by atoms with Gasteiger partial charge < -0.3 is 10.2 Å². The van der Waals surface area contributed by atoms with Gasteiger partial charge in [-0.25, -0.2) is 8.42 Å². The molecule has 0 unspecified atom stereocenters. The van der Waals surface area contributed by atoms with Crippen LogP contribution in [0.25, 0.3) is 0 Å². The zero-order valence-electron chi connectivity index (χ0n) is 19.5. The first-order valence-corrected chi connectivity index (χ1v) is 13.2. The number of rotatable bonds is 11. The fraction of sp³-hybridized carbons (Fsp3) is 0.417. The molecule has 2 aromatic rings. The van der Waals surface area contributed by atoms with E-state index >= 15 is 0 Å². The van der Waals surface area contributed by atoms with Crippen LogP contribution in [-0.4, -0.2) is 50.5 Å². The van der Waals surface area contributed by atoms with Crippen LogP contribution in [-0.2, 0) is 26.2 Å². The Morgan fingerprint density at radius 1 is 1.09 bits per heavy atom. The number of nitrogens with zero attached hydrogens (tertiary/aromatic N) is 2. The number of anilines is 1. The minimum atomic E-state index is -3.78. The van der Waals surface area contributed by atoms with Crippen molar-refractivity contribution in [3.8, 4) is 0 Å². The lowest BCUT2D eigenvalue weighted by atomic mass is 10.1. The molecule has 0 aliphatic carbocycles. The lowest BCUT2D eigenvalue weighted by molar-refractivity contribution is -0.140. The van der Waals surface area contributed by atoms with Crippen molar-refractivity contribution in [2.24, 2.45) is 0 Å². The Kier molecular flexibility index (Phi) is 9.73. The molecule has 2 aromatic carbocycles. The molecule has 9 heteroatoms. The number of amides is 2. The fourth-order valence-electron chi connectivity index (χ4n) is 3.42. The summed E-state index contributed by atoms with van der Waals surface area (Å²) in [6.45, 7) is 5.99. The highest BCUT2D eigenvalue weighted by Crippen LogP contribution is 2.23. The highest BCUT2D eigenvalue weighted by Gasteiger charge is 2.31. The maximum atomic E-state index is 13.5. The van der Waals surface area contributed by atoms with Gasteiger partial charge >= 0.3 is 0 Å². The van der Waals surface area contributed by atoms with Crippen LogP contribution in [0.3, 0.4) is 0 Å². The number of hydrogen-bond donors (Lipinski definition) is 1. The van der Waals surface area contributed by atoms with Crippen molar-refractivity contribution < 1.29 is 18.0 Å². The minimum absolute atomic E-state index is 0.185. The smallest absolute Gasteiger partial charge is 0.244 e. The summed E-state index contributed by atoms with van der Waals surface area (Å²) < 4.78 is 26.1. The van der Waals surface area contributed by atoms with Crippen LogP contribution in [0.1, 0.15) is 37.8 Å². The van der Waals surface area contributed by atoms with Crippen LogP contribution in [0.15, 0.2) is 48.5 Å². The highest BCUT2D eigenvalue weighted by atomic mass is 35.5. The second kappa shape index (κ2) is 12.0. The average molecular weight is 494 g/mol. The molecule has 2 rings (SSSR count). The Morgan fingerprint density at radius 3 is 2.30 bits per heavy atom. The van der Waals surface area contributed by atoms with Gasteiger partial charge in [0.25, 0.3) is 0 Å². The summed E-state index contributed by atoms with van der Waals surface area (Å²) in [7, 11) is -3.78. The molecule has 180 valence electrons. The van der Waals surface area contributed by atoms with E-state index in [1.165, 1.54) is 11.0 Å². The first kappa shape index (κ1) is 26.7. The molecule has 0 radical (unpaired) electrons. The monoisotopic (exact) mass is 493 g/mol. The van der Waals surface area contributed by atoms with Crippen LogP contribution < -0.4 is 9.62 Å².